The SMILES string of the molecule is N[C@H]1CCc2nc(NC(=O)c3c(F)cccc3Br)sc2C1. The van der Waals surface area contributed by atoms with E-state index in [2.05, 4.69) is 26.2 Å². The maximum atomic E-state index is 13.8. The van der Waals surface area contributed by atoms with E-state index in [1.807, 2.05) is 0 Å². The number of hydrogen-bond donors (Lipinski definition) is 2. The molecule has 3 N–H and O–H groups in total. The quantitative estimate of drug-likeness (QED) is 0.854. The third-order valence-corrected chi connectivity index (χ3v) is 5.08. The predicted molar refractivity (Wildman–Crippen MR) is 84.2 cm³/mol. The minimum Gasteiger partial charge on any atom is -0.327 e. The van der Waals surface area contributed by atoms with Crippen LogP contribution in [0.5, 0.6) is 0 Å². The van der Waals surface area contributed by atoms with Crippen LogP contribution in [0.4, 0.5) is 9.52 Å². The molecular weight excluding hydrogens is 357 g/mol. The van der Waals surface area contributed by atoms with Crippen molar-refractivity contribution >= 4 is 38.3 Å². The number of halogens is 2. The van der Waals surface area contributed by atoms with Crippen LogP contribution in [0.25, 0.3) is 0 Å². The Labute approximate surface area is 133 Å². The van der Waals surface area contributed by atoms with E-state index in [1.54, 1.807) is 12.1 Å². The van der Waals surface area contributed by atoms with Gasteiger partial charge in [-0.1, -0.05) is 6.07 Å². The highest BCUT2D eigenvalue weighted by atomic mass is 79.9. The van der Waals surface area contributed by atoms with Crippen LogP contribution in [-0.2, 0) is 12.8 Å². The summed E-state index contributed by atoms with van der Waals surface area (Å²) in [4.78, 5) is 17.7. The summed E-state index contributed by atoms with van der Waals surface area (Å²) in [5.74, 6) is -1.07. The van der Waals surface area contributed by atoms with Gasteiger partial charge in [-0.05, 0) is 47.3 Å². The molecule has 1 aromatic heterocycles. The summed E-state index contributed by atoms with van der Waals surface area (Å²) in [7, 11) is 0. The van der Waals surface area contributed by atoms with Gasteiger partial charge < -0.3 is 5.73 Å². The lowest BCUT2D eigenvalue weighted by molar-refractivity contribution is 0.102. The van der Waals surface area contributed by atoms with Gasteiger partial charge in [-0.25, -0.2) is 9.37 Å². The van der Waals surface area contributed by atoms with Crippen LogP contribution in [0.1, 0.15) is 27.3 Å². The highest BCUT2D eigenvalue weighted by molar-refractivity contribution is 9.10. The molecule has 110 valence electrons. The van der Waals surface area contributed by atoms with Crippen molar-refractivity contribution in [2.24, 2.45) is 5.73 Å². The Morgan fingerprint density at radius 1 is 1.52 bits per heavy atom. The molecule has 3 rings (SSSR count). The van der Waals surface area contributed by atoms with Crippen LogP contribution < -0.4 is 11.1 Å². The zero-order chi connectivity index (χ0) is 15.0. The number of amides is 1. The molecule has 1 heterocycles. The van der Waals surface area contributed by atoms with Crippen LogP contribution in [0, 0.1) is 5.82 Å². The van der Waals surface area contributed by atoms with Gasteiger partial charge in [-0.3, -0.25) is 10.1 Å². The second-order valence-corrected chi connectivity index (χ2v) is 6.88. The van der Waals surface area contributed by atoms with Gasteiger partial charge >= 0.3 is 0 Å². The number of aromatic nitrogens is 1. The van der Waals surface area contributed by atoms with E-state index in [0.29, 0.717) is 9.60 Å². The van der Waals surface area contributed by atoms with Gasteiger partial charge in [0.15, 0.2) is 5.13 Å². The Kier molecular flexibility index (Phi) is 4.05. The lowest BCUT2D eigenvalue weighted by Gasteiger charge is -2.15. The molecule has 1 amide bonds. The number of anilines is 1. The van der Waals surface area contributed by atoms with Crippen LogP contribution in [0.2, 0.25) is 0 Å². The van der Waals surface area contributed by atoms with E-state index in [-0.39, 0.29) is 11.6 Å². The Morgan fingerprint density at radius 3 is 3.10 bits per heavy atom. The van der Waals surface area contributed by atoms with E-state index in [4.69, 9.17) is 5.73 Å². The number of carbonyl (C=O) groups is 1. The van der Waals surface area contributed by atoms with Crippen molar-refractivity contribution in [3.05, 3.63) is 44.6 Å². The Balaban J connectivity index is 1.82. The first-order chi connectivity index (χ1) is 10.0. The lowest BCUT2D eigenvalue weighted by Crippen LogP contribution is -2.27. The van der Waals surface area contributed by atoms with E-state index in [0.717, 1.165) is 29.8 Å². The minimum atomic E-state index is -0.565. The number of rotatable bonds is 2. The monoisotopic (exact) mass is 369 g/mol. The average Bonchev–Trinajstić information content (AvgIpc) is 2.79. The summed E-state index contributed by atoms with van der Waals surface area (Å²) in [6.07, 6.45) is 2.52. The number of carbonyl (C=O) groups excluding carboxylic acids is 1. The topological polar surface area (TPSA) is 68.0 Å². The van der Waals surface area contributed by atoms with Crippen molar-refractivity contribution < 1.29 is 9.18 Å². The number of thiazole rings is 1. The third kappa shape index (κ3) is 3.00. The molecule has 1 aromatic carbocycles. The summed E-state index contributed by atoms with van der Waals surface area (Å²) in [5.41, 5.74) is 6.91. The maximum Gasteiger partial charge on any atom is 0.261 e. The fourth-order valence-corrected chi connectivity index (χ4v) is 3.95. The molecule has 0 spiro atoms. The Hall–Kier alpha value is -1.31. The largest absolute Gasteiger partial charge is 0.327 e. The van der Waals surface area contributed by atoms with Crippen LogP contribution in [0.3, 0.4) is 0 Å². The molecule has 7 heteroatoms. The lowest BCUT2D eigenvalue weighted by atomic mass is 9.99. The second kappa shape index (κ2) is 5.82. The van der Waals surface area contributed by atoms with Crippen molar-refractivity contribution in [1.82, 2.24) is 4.98 Å². The Bertz CT molecular complexity index is 683. The average molecular weight is 370 g/mol. The summed E-state index contributed by atoms with van der Waals surface area (Å²) in [5, 5.41) is 3.16. The van der Waals surface area contributed by atoms with Gasteiger partial charge in [0.25, 0.3) is 5.91 Å². The molecule has 21 heavy (non-hydrogen) atoms. The van der Waals surface area contributed by atoms with Gasteiger partial charge in [0.2, 0.25) is 0 Å². The molecule has 0 unspecified atom stereocenters. The van der Waals surface area contributed by atoms with Gasteiger partial charge in [0, 0.05) is 15.4 Å². The number of nitrogens with zero attached hydrogens (tertiary/aromatic N) is 1. The first-order valence-electron chi connectivity index (χ1n) is 6.54. The summed E-state index contributed by atoms with van der Waals surface area (Å²) in [6, 6.07) is 4.58. The first-order valence-corrected chi connectivity index (χ1v) is 8.15. The predicted octanol–water partition coefficient (Wildman–Crippen LogP) is 3.11. The summed E-state index contributed by atoms with van der Waals surface area (Å²) < 4.78 is 14.2. The van der Waals surface area contributed by atoms with Crippen molar-refractivity contribution in [3.8, 4) is 0 Å². The standard InChI is InChI=1S/C14H13BrFN3OS/c15-8-2-1-3-9(16)12(8)13(20)19-14-18-10-5-4-7(17)6-11(10)21-14/h1-3,7H,4-6,17H2,(H,18,19,20)/t7-/m0/s1. The molecule has 2 aromatic rings. The number of fused-ring (bicyclic) bond motifs is 1. The molecule has 0 fully saturated rings. The number of nitrogens with one attached hydrogen (secondary N) is 1. The minimum absolute atomic E-state index is 0.0117. The number of hydrogen-bond acceptors (Lipinski definition) is 4. The molecule has 0 saturated carbocycles. The van der Waals surface area contributed by atoms with E-state index < -0.39 is 11.7 Å². The summed E-state index contributed by atoms with van der Waals surface area (Å²) in [6.45, 7) is 0. The van der Waals surface area contributed by atoms with Crippen molar-refractivity contribution in [2.45, 2.75) is 25.3 Å². The highest BCUT2D eigenvalue weighted by Crippen LogP contribution is 2.30. The van der Waals surface area contributed by atoms with E-state index in [9.17, 15) is 9.18 Å². The smallest absolute Gasteiger partial charge is 0.261 e. The fraction of sp³-hybridized carbons (Fsp3) is 0.286. The van der Waals surface area contributed by atoms with Crippen molar-refractivity contribution in [1.29, 1.82) is 0 Å². The molecule has 0 radical (unpaired) electrons. The van der Waals surface area contributed by atoms with Crippen LogP contribution >= 0.6 is 27.3 Å². The molecule has 1 atom stereocenters. The van der Waals surface area contributed by atoms with Gasteiger partial charge in [0.1, 0.15) is 5.82 Å². The van der Waals surface area contributed by atoms with Crippen LogP contribution in [0.15, 0.2) is 22.7 Å². The molecular formula is C14H13BrFN3OS. The Morgan fingerprint density at radius 2 is 2.33 bits per heavy atom. The van der Waals surface area contributed by atoms with Crippen LogP contribution in [-0.4, -0.2) is 16.9 Å². The number of nitrogens with two attached hydrogens (primary N) is 1. The van der Waals surface area contributed by atoms with Crippen molar-refractivity contribution in [3.63, 3.8) is 0 Å². The van der Waals surface area contributed by atoms with E-state index in [1.165, 1.54) is 17.4 Å². The molecule has 0 bridgehead atoms. The van der Waals surface area contributed by atoms with Crippen molar-refractivity contribution in [2.75, 3.05) is 5.32 Å². The van der Waals surface area contributed by atoms with E-state index >= 15 is 0 Å². The summed E-state index contributed by atoms with van der Waals surface area (Å²) >= 11 is 4.60. The number of aryl methyl sites for hydroxylation is 1. The maximum absolute atomic E-state index is 13.8. The second-order valence-electron chi connectivity index (χ2n) is 4.94. The third-order valence-electron chi connectivity index (χ3n) is 3.39. The molecule has 0 aliphatic heterocycles. The molecule has 0 saturated heterocycles. The zero-order valence-electron chi connectivity index (χ0n) is 11.0. The zero-order valence-corrected chi connectivity index (χ0v) is 13.4. The molecule has 4 nitrogen and oxygen atoms in total. The highest BCUT2D eigenvalue weighted by Gasteiger charge is 2.22. The van der Waals surface area contributed by atoms with Gasteiger partial charge in [-0.15, -0.1) is 11.3 Å². The normalized spacial score (nSPS) is 17.4. The molecule has 1 aliphatic rings. The van der Waals surface area contributed by atoms with Gasteiger partial charge in [-0.2, -0.15) is 0 Å². The molecule has 1 aliphatic carbocycles. The number of benzene rings is 1. The first kappa shape index (κ1) is 14.6. The fourth-order valence-electron chi connectivity index (χ4n) is 2.33. The van der Waals surface area contributed by atoms with Gasteiger partial charge in [0.05, 0.1) is 11.3 Å².